The van der Waals surface area contributed by atoms with Gasteiger partial charge in [0.1, 0.15) is 0 Å². The summed E-state index contributed by atoms with van der Waals surface area (Å²) in [6.45, 7) is 0. The molecule has 3 aliphatic rings. The normalized spacial score (nSPS) is 35.9. The highest BCUT2D eigenvalue weighted by Crippen LogP contribution is 2.52. The summed E-state index contributed by atoms with van der Waals surface area (Å²) in [5, 5.41) is 10.7. The van der Waals surface area contributed by atoms with Gasteiger partial charge in [-0.3, -0.25) is 0 Å². The summed E-state index contributed by atoms with van der Waals surface area (Å²) >= 11 is 0. The van der Waals surface area contributed by atoms with E-state index >= 15 is 0 Å². The van der Waals surface area contributed by atoms with E-state index in [-0.39, 0.29) is 6.10 Å². The monoisotopic (exact) mass is 242 g/mol. The fraction of sp³-hybridized carbons (Fsp3) is 0.647. The van der Waals surface area contributed by atoms with Gasteiger partial charge in [0, 0.05) is 0 Å². The average Bonchev–Trinajstić information content (AvgIpc) is 3.06. The van der Waals surface area contributed by atoms with Crippen LogP contribution in [0.15, 0.2) is 24.3 Å². The van der Waals surface area contributed by atoms with E-state index in [1.54, 1.807) is 0 Å². The van der Waals surface area contributed by atoms with Gasteiger partial charge in [-0.15, -0.1) is 0 Å². The molecular weight excluding hydrogens is 220 g/mol. The van der Waals surface area contributed by atoms with Gasteiger partial charge in [-0.2, -0.15) is 0 Å². The lowest BCUT2D eigenvalue weighted by molar-refractivity contribution is 0.0744. The minimum Gasteiger partial charge on any atom is -0.388 e. The Morgan fingerprint density at radius 2 is 1.94 bits per heavy atom. The van der Waals surface area contributed by atoms with E-state index in [1.165, 1.54) is 49.7 Å². The van der Waals surface area contributed by atoms with Crippen molar-refractivity contribution in [1.29, 1.82) is 0 Å². The first-order chi connectivity index (χ1) is 8.81. The molecule has 1 aromatic rings. The number of aliphatic hydroxyl groups is 1. The van der Waals surface area contributed by atoms with Gasteiger partial charge >= 0.3 is 0 Å². The fourth-order valence-electron chi connectivity index (χ4n) is 4.34. The summed E-state index contributed by atoms with van der Waals surface area (Å²) in [5.74, 6) is 3.05. The van der Waals surface area contributed by atoms with Crippen LogP contribution in [0, 0.1) is 17.8 Å². The predicted octanol–water partition coefficient (Wildman–Crippen LogP) is 4.03. The maximum Gasteiger partial charge on any atom is 0.0821 e. The van der Waals surface area contributed by atoms with Crippen LogP contribution in [0.3, 0.4) is 0 Å². The largest absolute Gasteiger partial charge is 0.388 e. The molecular formula is C17H22O. The molecule has 1 heteroatoms. The van der Waals surface area contributed by atoms with E-state index in [9.17, 15) is 5.11 Å². The van der Waals surface area contributed by atoms with Gasteiger partial charge in [0.15, 0.2) is 0 Å². The molecule has 4 rings (SSSR count). The van der Waals surface area contributed by atoms with E-state index < -0.39 is 0 Å². The maximum atomic E-state index is 10.7. The van der Waals surface area contributed by atoms with Crippen molar-refractivity contribution in [3.63, 3.8) is 0 Å². The number of hydrogen-bond acceptors (Lipinski definition) is 1. The molecule has 0 aliphatic heterocycles. The van der Waals surface area contributed by atoms with Crippen LogP contribution < -0.4 is 0 Å². The van der Waals surface area contributed by atoms with Crippen molar-refractivity contribution in [3.8, 4) is 0 Å². The lowest BCUT2D eigenvalue weighted by Gasteiger charge is -2.27. The van der Waals surface area contributed by atoms with Gasteiger partial charge in [-0.05, 0) is 66.9 Å². The summed E-state index contributed by atoms with van der Waals surface area (Å²) in [6.07, 6.45) is 7.88. The van der Waals surface area contributed by atoms with E-state index in [0.717, 1.165) is 17.8 Å². The molecule has 96 valence electrons. The molecule has 18 heavy (non-hydrogen) atoms. The van der Waals surface area contributed by atoms with Crippen LogP contribution in [0.2, 0.25) is 0 Å². The van der Waals surface area contributed by atoms with Crippen molar-refractivity contribution in [2.24, 2.45) is 17.8 Å². The standard InChI is InChI=1S/C17H22O/c18-17(16-9-11-4-5-14(16)8-11)15-3-1-2-13(10-15)12-6-7-12/h1-3,10-12,14,16-18H,4-9H2. The third-order valence-corrected chi connectivity index (χ3v) is 5.50. The minimum atomic E-state index is -0.209. The molecule has 0 aromatic heterocycles. The SMILES string of the molecule is OC(c1cccc(C2CC2)c1)C1CC2CCC1C2. The predicted molar refractivity (Wildman–Crippen MR) is 72.3 cm³/mol. The second-order valence-electron chi connectivity index (χ2n) is 6.73. The smallest absolute Gasteiger partial charge is 0.0821 e. The highest BCUT2D eigenvalue weighted by Gasteiger charge is 2.43. The lowest BCUT2D eigenvalue weighted by atomic mass is 9.82. The van der Waals surface area contributed by atoms with Crippen LogP contribution in [0.1, 0.15) is 61.7 Å². The molecule has 1 aromatic carbocycles. The van der Waals surface area contributed by atoms with E-state index in [0.29, 0.717) is 5.92 Å². The second-order valence-corrected chi connectivity index (χ2v) is 6.73. The Kier molecular flexibility index (Phi) is 2.51. The van der Waals surface area contributed by atoms with Crippen molar-refractivity contribution in [3.05, 3.63) is 35.4 Å². The second kappa shape index (κ2) is 4.09. The summed E-state index contributed by atoms with van der Waals surface area (Å²) in [4.78, 5) is 0. The van der Waals surface area contributed by atoms with E-state index in [2.05, 4.69) is 24.3 Å². The first-order valence-electron chi connectivity index (χ1n) is 7.59. The molecule has 4 atom stereocenters. The van der Waals surface area contributed by atoms with Crippen molar-refractivity contribution in [2.75, 3.05) is 0 Å². The van der Waals surface area contributed by atoms with Crippen LogP contribution in [0.5, 0.6) is 0 Å². The molecule has 1 nitrogen and oxygen atoms in total. The number of aliphatic hydroxyl groups excluding tert-OH is 1. The molecule has 2 bridgehead atoms. The Morgan fingerprint density at radius 1 is 1.06 bits per heavy atom. The van der Waals surface area contributed by atoms with Crippen LogP contribution in [0.4, 0.5) is 0 Å². The highest BCUT2D eigenvalue weighted by atomic mass is 16.3. The Balaban J connectivity index is 1.56. The molecule has 0 heterocycles. The van der Waals surface area contributed by atoms with Gasteiger partial charge in [0.2, 0.25) is 0 Å². The maximum absolute atomic E-state index is 10.7. The number of hydrogen-bond donors (Lipinski definition) is 1. The molecule has 3 saturated carbocycles. The van der Waals surface area contributed by atoms with Crippen molar-refractivity contribution in [2.45, 2.75) is 50.5 Å². The highest BCUT2D eigenvalue weighted by molar-refractivity contribution is 5.30. The number of benzene rings is 1. The third-order valence-electron chi connectivity index (χ3n) is 5.50. The van der Waals surface area contributed by atoms with Crippen molar-refractivity contribution < 1.29 is 5.11 Å². The first-order valence-corrected chi connectivity index (χ1v) is 7.59. The van der Waals surface area contributed by atoms with E-state index in [4.69, 9.17) is 0 Å². The van der Waals surface area contributed by atoms with Gasteiger partial charge < -0.3 is 5.11 Å². The summed E-state index contributed by atoms with van der Waals surface area (Å²) in [7, 11) is 0. The van der Waals surface area contributed by atoms with Crippen LogP contribution >= 0.6 is 0 Å². The molecule has 3 aliphatic carbocycles. The Bertz CT molecular complexity index is 449. The third kappa shape index (κ3) is 1.80. The Morgan fingerprint density at radius 3 is 2.61 bits per heavy atom. The van der Waals surface area contributed by atoms with Crippen LogP contribution in [-0.4, -0.2) is 5.11 Å². The minimum absolute atomic E-state index is 0.209. The number of fused-ring (bicyclic) bond motifs is 2. The summed E-state index contributed by atoms with van der Waals surface area (Å²) in [6, 6.07) is 8.77. The van der Waals surface area contributed by atoms with Crippen LogP contribution in [-0.2, 0) is 0 Å². The molecule has 0 amide bonds. The topological polar surface area (TPSA) is 20.2 Å². The zero-order chi connectivity index (χ0) is 12.1. The van der Waals surface area contributed by atoms with Crippen molar-refractivity contribution >= 4 is 0 Å². The molecule has 0 spiro atoms. The van der Waals surface area contributed by atoms with Gasteiger partial charge in [0.25, 0.3) is 0 Å². The number of rotatable bonds is 3. The van der Waals surface area contributed by atoms with Gasteiger partial charge in [-0.25, -0.2) is 0 Å². The Hall–Kier alpha value is -0.820. The zero-order valence-corrected chi connectivity index (χ0v) is 10.9. The lowest BCUT2D eigenvalue weighted by Crippen LogP contribution is -2.19. The molecule has 0 saturated heterocycles. The quantitative estimate of drug-likeness (QED) is 0.848. The van der Waals surface area contributed by atoms with Gasteiger partial charge in [0.05, 0.1) is 6.10 Å². The van der Waals surface area contributed by atoms with Crippen LogP contribution in [0.25, 0.3) is 0 Å². The Labute approximate surface area is 109 Å². The fourth-order valence-corrected chi connectivity index (χ4v) is 4.34. The summed E-state index contributed by atoms with van der Waals surface area (Å²) in [5.41, 5.74) is 2.63. The average molecular weight is 242 g/mol. The molecule has 0 radical (unpaired) electrons. The molecule has 3 fully saturated rings. The van der Waals surface area contributed by atoms with Gasteiger partial charge in [-0.1, -0.05) is 30.7 Å². The van der Waals surface area contributed by atoms with Crippen molar-refractivity contribution in [1.82, 2.24) is 0 Å². The molecule has 1 N–H and O–H groups in total. The van der Waals surface area contributed by atoms with E-state index in [1.807, 2.05) is 0 Å². The molecule has 4 unspecified atom stereocenters. The zero-order valence-electron chi connectivity index (χ0n) is 10.9. The summed E-state index contributed by atoms with van der Waals surface area (Å²) < 4.78 is 0. The first kappa shape index (κ1) is 11.0.